The monoisotopic (exact) mass is 703 g/mol. The molecule has 1 aliphatic carbocycles. The van der Waals surface area contributed by atoms with Crippen molar-refractivity contribution in [3.05, 3.63) is 150 Å². The predicted molar refractivity (Wildman–Crippen MR) is 228 cm³/mol. The van der Waals surface area contributed by atoms with Gasteiger partial charge < -0.3 is 0 Å². The molecule has 0 saturated heterocycles. The molecule has 6 aromatic carbocycles. The smallest absolute Gasteiger partial charge is 0.148 e. The first-order valence-electron chi connectivity index (χ1n) is 19.3. The van der Waals surface area contributed by atoms with Gasteiger partial charge in [-0.2, -0.15) is 0 Å². The Kier molecular flexibility index (Phi) is 7.44. The number of nitrogens with zero attached hydrogens (tertiary/aromatic N) is 3. The van der Waals surface area contributed by atoms with Crippen molar-refractivity contribution >= 4 is 27.6 Å². The van der Waals surface area contributed by atoms with Gasteiger partial charge in [0.05, 0.1) is 16.6 Å². The molecule has 2 heterocycles. The SMILES string of the molecule is CC(C)(C)c1nc2c(-c3cccc(-c4cc(-c5ccccc5)cc(-c5ccccc5)c4)c3)cccc2c2nc3cc4c(cc3n12)C(C)(C)C(C)(C)C4(C)C. The van der Waals surface area contributed by atoms with E-state index in [0.29, 0.717) is 0 Å². The molecule has 3 heteroatoms. The second-order valence-electron chi connectivity index (χ2n) is 18.0. The predicted octanol–water partition coefficient (Wildman–Crippen LogP) is 13.6. The van der Waals surface area contributed by atoms with Gasteiger partial charge in [0.2, 0.25) is 0 Å². The van der Waals surface area contributed by atoms with Gasteiger partial charge in [0.1, 0.15) is 11.5 Å². The molecular formula is C51H49N3. The van der Waals surface area contributed by atoms with Gasteiger partial charge in [-0.15, -0.1) is 0 Å². The van der Waals surface area contributed by atoms with E-state index >= 15 is 0 Å². The molecule has 8 aromatic rings. The van der Waals surface area contributed by atoms with Gasteiger partial charge in [0, 0.05) is 16.4 Å². The van der Waals surface area contributed by atoms with Crippen LogP contribution >= 0.6 is 0 Å². The number of hydrogen-bond donors (Lipinski definition) is 0. The minimum absolute atomic E-state index is 0.00297. The Balaban J connectivity index is 1.25. The molecule has 0 aliphatic heterocycles. The summed E-state index contributed by atoms with van der Waals surface area (Å²) in [7, 11) is 0. The molecule has 0 fully saturated rings. The van der Waals surface area contributed by atoms with Crippen LogP contribution in [0.3, 0.4) is 0 Å². The zero-order valence-electron chi connectivity index (χ0n) is 33.0. The van der Waals surface area contributed by atoms with E-state index in [9.17, 15) is 0 Å². The van der Waals surface area contributed by atoms with E-state index in [4.69, 9.17) is 9.97 Å². The zero-order chi connectivity index (χ0) is 37.8. The van der Waals surface area contributed by atoms with Crippen molar-refractivity contribution in [2.75, 3.05) is 0 Å². The molecule has 2 aromatic heterocycles. The third kappa shape index (κ3) is 5.01. The fourth-order valence-electron chi connectivity index (χ4n) is 9.00. The van der Waals surface area contributed by atoms with Crippen LogP contribution in [0.5, 0.6) is 0 Å². The fourth-order valence-corrected chi connectivity index (χ4v) is 9.00. The highest BCUT2D eigenvalue weighted by Crippen LogP contribution is 2.62. The van der Waals surface area contributed by atoms with Crippen molar-refractivity contribution in [2.24, 2.45) is 5.41 Å². The van der Waals surface area contributed by atoms with Crippen LogP contribution in [-0.2, 0) is 16.2 Å². The number of imidazole rings is 1. The van der Waals surface area contributed by atoms with Crippen molar-refractivity contribution in [1.29, 1.82) is 0 Å². The minimum Gasteiger partial charge on any atom is -0.279 e. The maximum absolute atomic E-state index is 5.59. The van der Waals surface area contributed by atoms with Crippen LogP contribution in [0.2, 0.25) is 0 Å². The lowest BCUT2D eigenvalue weighted by atomic mass is 9.59. The average Bonchev–Trinajstić information content (AvgIpc) is 3.59. The minimum atomic E-state index is -0.228. The largest absolute Gasteiger partial charge is 0.279 e. The van der Waals surface area contributed by atoms with Crippen molar-refractivity contribution in [3.8, 4) is 44.5 Å². The first kappa shape index (κ1) is 34.2. The van der Waals surface area contributed by atoms with Gasteiger partial charge in [-0.1, -0.05) is 153 Å². The molecule has 54 heavy (non-hydrogen) atoms. The normalized spacial score (nSPS) is 15.9. The molecule has 3 nitrogen and oxygen atoms in total. The van der Waals surface area contributed by atoms with Gasteiger partial charge in [0.15, 0.2) is 0 Å². The average molecular weight is 704 g/mol. The van der Waals surface area contributed by atoms with Crippen LogP contribution in [0.1, 0.15) is 79.3 Å². The first-order valence-corrected chi connectivity index (χ1v) is 19.3. The van der Waals surface area contributed by atoms with Crippen molar-refractivity contribution in [3.63, 3.8) is 0 Å². The summed E-state index contributed by atoms with van der Waals surface area (Å²) >= 11 is 0. The molecule has 0 N–H and O–H groups in total. The highest BCUT2D eigenvalue weighted by molar-refractivity contribution is 6.04. The summed E-state index contributed by atoms with van der Waals surface area (Å²) in [5.74, 6) is 1.02. The van der Waals surface area contributed by atoms with E-state index in [0.717, 1.165) is 44.5 Å². The number of hydrogen-bond acceptors (Lipinski definition) is 2. The fraction of sp³-hybridized carbons (Fsp3) is 0.255. The molecule has 268 valence electrons. The van der Waals surface area contributed by atoms with E-state index in [1.54, 1.807) is 0 Å². The Bertz CT molecular complexity index is 2700. The lowest BCUT2D eigenvalue weighted by Gasteiger charge is -2.44. The molecule has 0 amide bonds. The highest BCUT2D eigenvalue weighted by Gasteiger charge is 2.57. The van der Waals surface area contributed by atoms with Crippen molar-refractivity contribution < 1.29 is 0 Å². The van der Waals surface area contributed by atoms with Crippen LogP contribution in [0.25, 0.3) is 72.1 Å². The van der Waals surface area contributed by atoms with Gasteiger partial charge in [-0.25, -0.2) is 9.97 Å². The van der Waals surface area contributed by atoms with Crippen LogP contribution in [0, 0.1) is 5.41 Å². The molecule has 0 saturated carbocycles. The summed E-state index contributed by atoms with van der Waals surface area (Å²) in [5, 5.41) is 1.07. The standard InChI is InChI=1S/C51H49N3/c1-48(2,3)47-53-45-39(24-17-25-40(45)46-52-43-30-41-42(31-44(43)54(46)47)50(6,7)51(8,9)49(41,4)5)35-23-16-22-34(26-35)38-28-36(32-18-12-10-13-19-32)27-37(29-38)33-20-14-11-15-21-33/h10-31H,1-9H3. The lowest BCUT2D eigenvalue weighted by Crippen LogP contribution is -2.42. The topological polar surface area (TPSA) is 30.2 Å². The maximum atomic E-state index is 5.59. The number of para-hydroxylation sites is 1. The highest BCUT2D eigenvalue weighted by atomic mass is 15.1. The van der Waals surface area contributed by atoms with Gasteiger partial charge in [-0.05, 0) is 109 Å². The van der Waals surface area contributed by atoms with E-state index < -0.39 is 0 Å². The second kappa shape index (κ2) is 11.7. The van der Waals surface area contributed by atoms with E-state index in [1.165, 1.54) is 44.5 Å². The summed E-state index contributed by atoms with van der Waals surface area (Å²) in [6, 6.07) is 48.7. The van der Waals surface area contributed by atoms with Crippen LogP contribution in [0.15, 0.2) is 133 Å². The third-order valence-electron chi connectivity index (χ3n) is 13.3. The summed E-state index contributed by atoms with van der Waals surface area (Å²) in [6.45, 7) is 21.3. The van der Waals surface area contributed by atoms with E-state index in [-0.39, 0.29) is 21.7 Å². The van der Waals surface area contributed by atoms with Gasteiger partial charge in [0.25, 0.3) is 0 Å². The molecular weight excluding hydrogens is 655 g/mol. The number of aromatic nitrogens is 3. The second-order valence-corrected chi connectivity index (χ2v) is 18.0. The summed E-state index contributed by atoms with van der Waals surface area (Å²) in [4.78, 5) is 11.0. The van der Waals surface area contributed by atoms with Crippen molar-refractivity contribution in [2.45, 2.75) is 78.6 Å². The quantitative estimate of drug-likeness (QED) is 0.183. The Hall–Kier alpha value is -5.54. The zero-order valence-corrected chi connectivity index (χ0v) is 33.0. The van der Waals surface area contributed by atoms with Gasteiger partial charge in [-0.3, -0.25) is 4.40 Å². The molecule has 9 rings (SSSR count). The lowest BCUT2D eigenvalue weighted by molar-refractivity contribution is 0.125. The Morgan fingerprint density at radius 3 is 1.57 bits per heavy atom. The summed E-state index contributed by atoms with van der Waals surface area (Å²) in [6.07, 6.45) is 0. The number of benzene rings is 6. The maximum Gasteiger partial charge on any atom is 0.148 e. The van der Waals surface area contributed by atoms with Crippen molar-refractivity contribution in [1.82, 2.24) is 14.4 Å². The first-order chi connectivity index (χ1) is 25.7. The Morgan fingerprint density at radius 2 is 0.981 bits per heavy atom. The van der Waals surface area contributed by atoms with Crippen LogP contribution in [0.4, 0.5) is 0 Å². The number of rotatable bonds is 4. The van der Waals surface area contributed by atoms with Gasteiger partial charge >= 0.3 is 0 Å². The van der Waals surface area contributed by atoms with Crippen LogP contribution < -0.4 is 0 Å². The Morgan fingerprint density at radius 1 is 0.481 bits per heavy atom. The van der Waals surface area contributed by atoms with Crippen LogP contribution in [-0.4, -0.2) is 14.4 Å². The molecule has 0 spiro atoms. The Labute approximate surface area is 319 Å². The molecule has 0 bridgehead atoms. The molecule has 0 atom stereocenters. The summed E-state index contributed by atoms with van der Waals surface area (Å²) < 4.78 is 2.35. The van der Waals surface area contributed by atoms with E-state index in [1.807, 2.05) is 0 Å². The summed E-state index contributed by atoms with van der Waals surface area (Å²) in [5.41, 5.74) is 16.2. The molecule has 1 aliphatic rings. The van der Waals surface area contributed by atoms with E-state index in [2.05, 4.69) is 200 Å². The molecule has 0 radical (unpaired) electrons. The number of fused-ring (bicyclic) bond motifs is 6. The third-order valence-corrected chi connectivity index (χ3v) is 13.3. The molecule has 0 unspecified atom stereocenters.